The van der Waals surface area contributed by atoms with Gasteiger partial charge in [0.25, 0.3) is 0 Å². The van der Waals surface area contributed by atoms with Crippen molar-refractivity contribution in [2.45, 2.75) is 19.1 Å². The van der Waals surface area contributed by atoms with Crippen LogP contribution in [0, 0.1) is 0 Å². The van der Waals surface area contributed by atoms with E-state index in [-0.39, 0.29) is 0 Å². The molecule has 2 heterocycles. The molecule has 0 bridgehead atoms. The summed E-state index contributed by atoms with van der Waals surface area (Å²) in [6.07, 6.45) is 0. The second-order valence-electron chi connectivity index (χ2n) is 4.84. The maximum atomic E-state index is 9.63. The number of fused-ring (bicyclic) bond motifs is 1. The van der Waals surface area contributed by atoms with E-state index in [0.717, 1.165) is 36.5 Å². The highest BCUT2D eigenvalue weighted by atomic mass is 16.3. The van der Waals surface area contributed by atoms with E-state index < -0.39 is 5.60 Å². The molecule has 0 radical (unpaired) electrons. The number of H-pyrrole nitrogens is 1. The number of nitrogens with one attached hydrogen (secondary N) is 1. The fourth-order valence-corrected chi connectivity index (χ4v) is 2.32. The molecule has 0 amide bonds. The lowest BCUT2D eigenvalue weighted by Crippen LogP contribution is -2.59. The Morgan fingerprint density at radius 2 is 2.19 bits per heavy atom. The van der Waals surface area contributed by atoms with Crippen molar-refractivity contribution >= 4 is 11.0 Å². The Kier molecular flexibility index (Phi) is 2.02. The average Bonchev–Trinajstić information content (AvgIpc) is 2.56. The number of likely N-dealkylation sites (tertiary alicyclic amines) is 1. The van der Waals surface area contributed by atoms with E-state index in [4.69, 9.17) is 0 Å². The first kappa shape index (κ1) is 9.81. The van der Waals surface area contributed by atoms with Crippen LogP contribution in [0.3, 0.4) is 0 Å². The van der Waals surface area contributed by atoms with E-state index in [9.17, 15) is 5.11 Å². The molecule has 1 saturated heterocycles. The highest BCUT2D eigenvalue weighted by molar-refractivity contribution is 5.74. The summed E-state index contributed by atoms with van der Waals surface area (Å²) in [5.41, 5.74) is 1.57. The van der Waals surface area contributed by atoms with Crippen LogP contribution < -0.4 is 0 Å². The number of aromatic nitrogens is 2. The van der Waals surface area contributed by atoms with E-state index in [1.54, 1.807) is 0 Å². The van der Waals surface area contributed by atoms with E-state index in [2.05, 4.69) is 14.9 Å². The number of nitrogens with zero attached hydrogens (tertiary/aromatic N) is 2. The third kappa shape index (κ3) is 1.70. The van der Waals surface area contributed by atoms with Crippen molar-refractivity contribution in [2.75, 3.05) is 13.1 Å². The van der Waals surface area contributed by atoms with Crippen molar-refractivity contribution < 1.29 is 5.11 Å². The van der Waals surface area contributed by atoms with Gasteiger partial charge in [-0.25, -0.2) is 4.98 Å². The van der Waals surface area contributed by atoms with Crippen LogP contribution in [-0.4, -0.2) is 38.7 Å². The smallest absolute Gasteiger partial charge is 0.121 e. The molecule has 1 fully saturated rings. The van der Waals surface area contributed by atoms with Crippen LogP contribution in [0.4, 0.5) is 0 Å². The first-order chi connectivity index (χ1) is 7.62. The van der Waals surface area contributed by atoms with Crippen LogP contribution in [0.1, 0.15) is 12.7 Å². The lowest BCUT2D eigenvalue weighted by molar-refractivity contribution is -0.0879. The molecule has 0 aliphatic carbocycles. The Balaban J connectivity index is 1.76. The zero-order valence-corrected chi connectivity index (χ0v) is 9.27. The molecule has 1 aliphatic rings. The second-order valence-corrected chi connectivity index (χ2v) is 4.84. The number of para-hydroxylation sites is 2. The second kappa shape index (κ2) is 3.30. The van der Waals surface area contributed by atoms with Crippen LogP contribution >= 0.6 is 0 Å². The quantitative estimate of drug-likeness (QED) is 0.793. The number of hydrogen-bond acceptors (Lipinski definition) is 3. The number of imidazole rings is 1. The van der Waals surface area contributed by atoms with E-state index >= 15 is 0 Å². The Hall–Kier alpha value is -1.39. The summed E-state index contributed by atoms with van der Waals surface area (Å²) in [4.78, 5) is 9.97. The summed E-state index contributed by atoms with van der Waals surface area (Å²) in [6, 6.07) is 8.01. The van der Waals surface area contributed by atoms with Crippen molar-refractivity contribution in [1.29, 1.82) is 0 Å². The minimum absolute atomic E-state index is 0.508. The standard InChI is InChI=1S/C12H15N3O/c1-12(16)7-15(8-12)6-11-13-9-4-2-3-5-10(9)14-11/h2-5,16H,6-8H2,1H3,(H,13,14). The third-order valence-electron chi connectivity index (χ3n) is 2.94. The van der Waals surface area contributed by atoms with Gasteiger partial charge in [-0.05, 0) is 19.1 Å². The molecule has 3 rings (SSSR count). The highest BCUT2D eigenvalue weighted by Gasteiger charge is 2.36. The van der Waals surface area contributed by atoms with Crippen molar-refractivity contribution in [1.82, 2.24) is 14.9 Å². The van der Waals surface area contributed by atoms with Gasteiger partial charge >= 0.3 is 0 Å². The van der Waals surface area contributed by atoms with Gasteiger partial charge in [0.05, 0.1) is 23.2 Å². The molecule has 4 heteroatoms. The largest absolute Gasteiger partial charge is 0.388 e. The summed E-state index contributed by atoms with van der Waals surface area (Å²) >= 11 is 0. The summed E-state index contributed by atoms with van der Waals surface area (Å²) in [5, 5.41) is 9.63. The molecule has 0 atom stereocenters. The number of benzene rings is 1. The summed E-state index contributed by atoms with van der Waals surface area (Å²) in [6.45, 7) is 4.10. The van der Waals surface area contributed by atoms with Gasteiger partial charge in [-0.1, -0.05) is 12.1 Å². The van der Waals surface area contributed by atoms with E-state index in [0.29, 0.717) is 0 Å². The van der Waals surface area contributed by atoms with Gasteiger partial charge in [0.15, 0.2) is 0 Å². The molecule has 0 unspecified atom stereocenters. The number of aromatic amines is 1. The highest BCUT2D eigenvalue weighted by Crippen LogP contribution is 2.22. The first-order valence-corrected chi connectivity index (χ1v) is 5.51. The molecule has 1 aromatic heterocycles. The van der Waals surface area contributed by atoms with Crippen molar-refractivity contribution in [3.05, 3.63) is 30.1 Å². The normalized spacial score (nSPS) is 19.9. The van der Waals surface area contributed by atoms with Crippen LogP contribution in [-0.2, 0) is 6.54 Å². The summed E-state index contributed by atoms with van der Waals surface area (Å²) in [5.74, 6) is 0.969. The zero-order chi connectivity index (χ0) is 11.2. The molecule has 1 aromatic carbocycles. The Morgan fingerprint density at radius 3 is 2.88 bits per heavy atom. The summed E-state index contributed by atoms with van der Waals surface area (Å²) in [7, 11) is 0. The van der Waals surface area contributed by atoms with Gasteiger partial charge in [0.2, 0.25) is 0 Å². The van der Waals surface area contributed by atoms with Gasteiger partial charge in [-0.15, -0.1) is 0 Å². The van der Waals surface area contributed by atoms with Crippen molar-refractivity contribution in [3.8, 4) is 0 Å². The lowest BCUT2D eigenvalue weighted by Gasteiger charge is -2.43. The minimum Gasteiger partial charge on any atom is -0.388 e. The topological polar surface area (TPSA) is 52.1 Å². The lowest BCUT2D eigenvalue weighted by atomic mass is 9.97. The van der Waals surface area contributed by atoms with E-state index in [1.807, 2.05) is 31.2 Å². The molecule has 16 heavy (non-hydrogen) atoms. The SMILES string of the molecule is CC1(O)CN(Cc2nc3ccccc3[nH]2)C1. The van der Waals surface area contributed by atoms with Gasteiger partial charge < -0.3 is 10.1 Å². The maximum absolute atomic E-state index is 9.63. The van der Waals surface area contributed by atoms with Gasteiger partial charge in [-0.2, -0.15) is 0 Å². The molecule has 0 saturated carbocycles. The minimum atomic E-state index is -0.508. The van der Waals surface area contributed by atoms with Gasteiger partial charge in [0.1, 0.15) is 5.82 Å². The number of rotatable bonds is 2. The molecule has 1 aliphatic heterocycles. The molecule has 0 spiro atoms. The third-order valence-corrected chi connectivity index (χ3v) is 2.94. The van der Waals surface area contributed by atoms with Crippen LogP contribution in [0.2, 0.25) is 0 Å². The van der Waals surface area contributed by atoms with Gasteiger partial charge in [-0.3, -0.25) is 4.90 Å². The van der Waals surface area contributed by atoms with E-state index in [1.165, 1.54) is 0 Å². The average molecular weight is 217 g/mol. The number of β-amino-alcohol motifs (C(OH)–C–C–N with tert-alkyl or cyclic N) is 1. The summed E-state index contributed by atoms with van der Waals surface area (Å²) < 4.78 is 0. The molecule has 84 valence electrons. The molecule has 4 nitrogen and oxygen atoms in total. The van der Waals surface area contributed by atoms with Crippen molar-refractivity contribution in [3.63, 3.8) is 0 Å². The zero-order valence-electron chi connectivity index (χ0n) is 9.27. The fraction of sp³-hybridized carbons (Fsp3) is 0.417. The molecule has 2 N–H and O–H groups in total. The molecular weight excluding hydrogens is 202 g/mol. The van der Waals surface area contributed by atoms with Crippen LogP contribution in [0.5, 0.6) is 0 Å². The first-order valence-electron chi connectivity index (χ1n) is 5.51. The molecular formula is C12H15N3O. The van der Waals surface area contributed by atoms with Gasteiger partial charge in [0, 0.05) is 13.1 Å². The van der Waals surface area contributed by atoms with Crippen LogP contribution in [0.25, 0.3) is 11.0 Å². The Bertz CT molecular complexity index is 477. The predicted molar refractivity (Wildman–Crippen MR) is 62.0 cm³/mol. The predicted octanol–water partition coefficient (Wildman–Crippen LogP) is 1.13. The van der Waals surface area contributed by atoms with Crippen LogP contribution in [0.15, 0.2) is 24.3 Å². The Morgan fingerprint density at radius 1 is 1.44 bits per heavy atom. The monoisotopic (exact) mass is 217 g/mol. The number of hydrogen-bond donors (Lipinski definition) is 2. The number of aliphatic hydroxyl groups is 1. The fourth-order valence-electron chi connectivity index (χ4n) is 2.32. The Labute approximate surface area is 93.9 Å². The maximum Gasteiger partial charge on any atom is 0.121 e. The van der Waals surface area contributed by atoms with Crippen molar-refractivity contribution in [2.24, 2.45) is 0 Å². The molecule has 2 aromatic rings.